The van der Waals surface area contributed by atoms with Gasteiger partial charge in [-0.2, -0.15) is 0 Å². The molecule has 1 spiro atoms. The molecule has 4 aliphatic rings. The lowest BCUT2D eigenvalue weighted by Crippen LogP contribution is -2.54. The highest BCUT2D eigenvalue weighted by atomic mass is 32.3. The lowest BCUT2D eigenvalue weighted by Gasteiger charge is -2.39. The van der Waals surface area contributed by atoms with Crippen molar-refractivity contribution >= 4 is 56.8 Å². The molecule has 456 valence electrons. The Labute approximate surface area is 485 Å². The van der Waals surface area contributed by atoms with Gasteiger partial charge in [-0.25, -0.2) is 9.80 Å². The average molecular weight is 1200 g/mol. The second-order valence-electron chi connectivity index (χ2n) is 21.2. The minimum atomic E-state index is -4.54. The number of unbranched alkanes of at least 4 members (excludes halogenated alkanes) is 1. The van der Waals surface area contributed by atoms with Crippen molar-refractivity contribution in [3.8, 4) is 11.5 Å². The molecule has 0 aliphatic carbocycles. The van der Waals surface area contributed by atoms with Gasteiger partial charge in [0.05, 0.1) is 71.1 Å². The number of aliphatic hydroxyl groups excluding tert-OH is 1. The zero-order valence-corrected chi connectivity index (χ0v) is 49.0. The predicted molar refractivity (Wildman–Crippen MR) is 311 cm³/mol. The van der Waals surface area contributed by atoms with Crippen LogP contribution in [-0.2, 0) is 38.1 Å². The molecule has 1 fully saturated rings. The van der Waals surface area contributed by atoms with Crippen LogP contribution in [0.1, 0.15) is 82.0 Å². The minimum Gasteiger partial charge on any atom is -0.453 e. The number of aliphatic hydroxyl groups is 1. The first kappa shape index (κ1) is 64.2. The number of nitrogen functional groups attached to an aromatic ring is 2. The maximum Gasteiger partial charge on any atom is 0.340 e. The second kappa shape index (κ2) is 27.6. The maximum atomic E-state index is 13.7. The lowest BCUT2D eigenvalue weighted by molar-refractivity contribution is -0.886. The van der Waals surface area contributed by atoms with E-state index in [-0.39, 0.29) is 99.1 Å². The first-order valence-corrected chi connectivity index (χ1v) is 29.7. The summed E-state index contributed by atoms with van der Waals surface area (Å²) in [6.45, 7) is 7.28. The Morgan fingerprint density at radius 1 is 0.880 bits per heavy atom. The topological polar surface area (TPSA) is 393 Å². The van der Waals surface area contributed by atoms with Crippen molar-refractivity contribution in [2.45, 2.75) is 66.5 Å². The van der Waals surface area contributed by atoms with Crippen LogP contribution in [0.15, 0.2) is 94.5 Å². The molecular formula is C54H79N12O15S2+. The van der Waals surface area contributed by atoms with E-state index in [1.807, 2.05) is 49.4 Å². The molecule has 4 heterocycles. The van der Waals surface area contributed by atoms with E-state index in [9.17, 15) is 42.5 Å². The fraction of sp³-hybridized carbons (Fsp3) is 0.444. The number of ether oxygens (including phenoxy) is 4. The molecule has 8 rings (SSSR count). The molecule has 3 unspecified atom stereocenters. The quantitative estimate of drug-likeness (QED) is 0.00594. The van der Waals surface area contributed by atoms with Gasteiger partial charge in [-0.05, 0) is 61.7 Å². The summed E-state index contributed by atoms with van der Waals surface area (Å²) in [5.74, 6) is 3.92. The van der Waals surface area contributed by atoms with E-state index in [2.05, 4.69) is 53.7 Å². The van der Waals surface area contributed by atoms with E-state index in [4.69, 9.17) is 50.7 Å². The van der Waals surface area contributed by atoms with Crippen LogP contribution in [0.4, 0.5) is 11.4 Å². The zero-order chi connectivity index (χ0) is 60.4. The highest BCUT2D eigenvalue weighted by molar-refractivity contribution is 8.24. The van der Waals surface area contributed by atoms with Crippen molar-refractivity contribution in [2.24, 2.45) is 11.6 Å². The average Bonchev–Trinajstić information content (AvgIpc) is 1.70. The number of quaternary nitrogens is 1. The molecule has 29 heteroatoms. The molecule has 0 saturated carbocycles. The molecule has 4 atom stereocenters. The van der Waals surface area contributed by atoms with Crippen LogP contribution in [0.5, 0.6) is 11.5 Å². The second-order valence-corrected chi connectivity index (χ2v) is 24.3. The van der Waals surface area contributed by atoms with E-state index in [1.165, 1.54) is 54.4 Å². The normalized spacial score (nSPS) is 18.4. The Morgan fingerprint density at radius 3 is 2.17 bits per heavy atom. The Bertz CT molecular complexity index is 2920. The van der Waals surface area contributed by atoms with Gasteiger partial charge in [0.1, 0.15) is 20.7 Å². The van der Waals surface area contributed by atoms with Crippen LogP contribution < -0.4 is 49.2 Å². The number of rotatable bonds is 27. The Balaban J connectivity index is 0.000000288. The van der Waals surface area contributed by atoms with Gasteiger partial charge in [0.15, 0.2) is 34.0 Å². The molecule has 27 nitrogen and oxygen atoms in total. The number of hydrogen-bond donors (Lipinski definition) is 13. The van der Waals surface area contributed by atoms with Crippen LogP contribution in [0.3, 0.4) is 0 Å². The van der Waals surface area contributed by atoms with Crippen molar-refractivity contribution in [1.82, 2.24) is 36.5 Å². The standard InChI is InChI=1S/C32H41N7O13S2.C22H37N5O2/c1-17(40)37-8-10-47-12-13-48-11-9-39(36)16-19(33)15-38-30(41)18-2-3-21-20(14-18)31(42)50-32(21)22-4-6-24(34)28(53(43,44)45)26(22)49-27-23(32)5-7-25(35)29(27)54(46)51-52-54;1-18-16-26(25(2)24-18)14-10-9-13-21(27(3,4)5)22(29)23-15-20(17-28)19-11-7-6-8-12-19/h2-7,14,19,43-46H,8-13,15-16,33-36H2,1H3,(H,37,40)(H,38,41);6-8,11-12,16,20-21,24,28H,9-10,13-15,17H2,1-5H3/p+1/t;20?,21-/m.0/s1. The van der Waals surface area contributed by atoms with Crippen molar-refractivity contribution in [1.29, 1.82) is 0 Å². The van der Waals surface area contributed by atoms with E-state index >= 15 is 0 Å². The van der Waals surface area contributed by atoms with E-state index in [0.29, 0.717) is 50.5 Å². The number of likely N-dealkylation sites (N-methyl/N-ethyl adjacent to an activating group) is 1. The van der Waals surface area contributed by atoms with Crippen molar-refractivity contribution in [2.75, 3.05) is 112 Å². The maximum absolute atomic E-state index is 13.7. The van der Waals surface area contributed by atoms with Gasteiger partial charge < -0.3 is 85.3 Å². The SMILES string of the molecule is CC(=O)NCCOCCOCCN(N)CC(N)CNC(=O)c1ccc2c(c1)C(=O)OC21c2ccc(N)c(S(O)(O)O)c2Oc2c1ccc(N)c2S1(O)OO1.CC1=CN(CCCC[C@@H](C(=O)NCC(CO)c2ccccc2)[N+](C)(C)C)N(C)N1. The number of carbonyl (C=O) groups is 4. The number of esters is 1. The first-order valence-electron chi connectivity index (χ1n) is 26.8. The summed E-state index contributed by atoms with van der Waals surface area (Å²) in [6, 6.07) is 19.1. The number of carbonyl (C=O) groups excluding carboxylic acids is 4. The van der Waals surface area contributed by atoms with Gasteiger partial charge in [-0.15, -0.1) is 13.8 Å². The summed E-state index contributed by atoms with van der Waals surface area (Å²) in [5, 5.41) is 23.8. The molecule has 4 aliphatic heterocycles. The van der Waals surface area contributed by atoms with E-state index < -0.39 is 50.2 Å². The van der Waals surface area contributed by atoms with Crippen molar-refractivity contribution in [3.05, 3.63) is 118 Å². The third kappa shape index (κ3) is 15.7. The zero-order valence-electron chi connectivity index (χ0n) is 47.4. The number of allylic oxidation sites excluding steroid dienone is 1. The molecule has 0 bridgehead atoms. The number of hydrogen-bond acceptors (Lipinski definition) is 23. The molecule has 4 aromatic carbocycles. The number of nitrogens with two attached hydrogens (primary N) is 4. The number of anilines is 2. The summed E-state index contributed by atoms with van der Waals surface area (Å²) in [4.78, 5) is 50.0. The number of benzene rings is 4. The van der Waals surface area contributed by atoms with Crippen LogP contribution in [0.25, 0.3) is 0 Å². The van der Waals surface area contributed by atoms with Gasteiger partial charge >= 0.3 is 5.97 Å². The van der Waals surface area contributed by atoms with E-state index in [0.717, 1.165) is 37.1 Å². The third-order valence-corrected chi connectivity index (χ3v) is 16.3. The van der Waals surface area contributed by atoms with Crippen molar-refractivity contribution in [3.63, 3.8) is 0 Å². The monoisotopic (exact) mass is 1200 g/mol. The predicted octanol–water partition coefficient (Wildman–Crippen LogP) is 3.48. The highest BCUT2D eigenvalue weighted by Crippen LogP contribution is 2.74. The Hall–Kier alpha value is -6.36. The molecular weight excluding hydrogens is 1120 g/mol. The number of fused-ring (bicyclic) bond motifs is 6. The van der Waals surface area contributed by atoms with Crippen LogP contribution in [0, 0.1) is 0 Å². The Morgan fingerprint density at radius 2 is 1.54 bits per heavy atom. The van der Waals surface area contributed by atoms with Gasteiger partial charge in [-0.3, -0.25) is 25.2 Å². The summed E-state index contributed by atoms with van der Waals surface area (Å²) < 4.78 is 75.5. The summed E-state index contributed by atoms with van der Waals surface area (Å²) in [6.07, 6.45) is 4.93. The summed E-state index contributed by atoms with van der Waals surface area (Å²) >= 11 is 0. The largest absolute Gasteiger partial charge is 0.453 e. The van der Waals surface area contributed by atoms with E-state index in [1.54, 1.807) is 0 Å². The number of nitrogens with one attached hydrogen (secondary N) is 4. The van der Waals surface area contributed by atoms with Crippen LogP contribution >= 0.6 is 21.7 Å². The van der Waals surface area contributed by atoms with Gasteiger partial charge in [0.25, 0.3) is 11.8 Å². The number of hydrazine groups is 3. The van der Waals surface area contributed by atoms with Gasteiger partial charge in [-0.1, -0.05) is 36.4 Å². The molecule has 4 aromatic rings. The molecule has 17 N–H and O–H groups in total. The molecule has 0 aromatic heterocycles. The molecule has 0 radical (unpaired) electrons. The van der Waals surface area contributed by atoms with Crippen LogP contribution in [0.2, 0.25) is 0 Å². The van der Waals surface area contributed by atoms with Gasteiger partial charge in [0.2, 0.25) is 5.91 Å². The summed E-state index contributed by atoms with van der Waals surface area (Å²) in [5.41, 5.74) is 22.2. The molecule has 1 saturated heterocycles. The first-order chi connectivity index (χ1) is 39.3. The van der Waals surface area contributed by atoms with Gasteiger partial charge in [0, 0.05) is 106 Å². The lowest BCUT2D eigenvalue weighted by atomic mass is 9.77. The molecule has 83 heavy (non-hydrogen) atoms. The van der Waals surface area contributed by atoms with Crippen molar-refractivity contribution < 1.29 is 74.6 Å². The molecule has 3 amide bonds. The fourth-order valence-corrected chi connectivity index (χ4v) is 11.8. The van der Waals surface area contributed by atoms with Crippen LogP contribution in [-0.4, -0.2) is 179 Å². The smallest absolute Gasteiger partial charge is 0.340 e. The highest BCUT2D eigenvalue weighted by Gasteiger charge is 2.58. The minimum absolute atomic E-state index is 0.0175. The Kier molecular flexibility index (Phi) is 21.3. The number of nitrogens with zero attached hydrogens (tertiary/aromatic N) is 4. The summed E-state index contributed by atoms with van der Waals surface area (Å²) in [7, 11) is 0.277. The third-order valence-electron chi connectivity index (χ3n) is 14.0. The fourth-order valence-electron chi connectivity index (χ4n) is 9.91. The number of amides is 3.